The summed E-state index contributed by atoms with van der Waals surface area (Å²) in [5.41, 5.74) is 3.30. The lowest BCUT2D eigenvalue weighted by atomic mass is 10.2. The number of halogens is 1. The Morgan fingerprint density at radius 3 is 2.43 bits per heavy atom. The fourth-order valence-electron chi connectivity index (χ4n) is 3.21. The maximum absolute atomic E-state index is 13.0. The van der Waals surface area contributed by atoms with Gasteiger partial charge in [0.15, 0.2) is 0 Å². The molecule has 0 amide bonds. The highest BCUT2D eigenvalue weighted by atomic mass is 19.1. The molecule has 0 aliphatic carbocycles. The Bertz CT molecular complexity index is 1030. The monoisotopic (exact) mass is 375 g/mol. The molecule has 4 aromatic rings. The number of nitrogens with one attached hydrogen (secondary N) is 1. The van der Waals surface area contributed by atoms with Crippen molar-refractivity contribution in [2.75, 3.05) is 6.61 Å². The van der Waals surface area contributed by atoms with Gasteiger partial charge in [0.05, 0.1) is 24.1 Å². The average Bonchev–Trinajstić information content (AvgIpc) is 3.08. The Balaban J connectivity index is 1.44. The summed E-state index contributed by atoms with van der Waals surface area (Å²) in [7, 11) is 0. The molecule has 1 heterocycles. The van der Waals surface area contributed by atoms with Crippen molar-refractivity contribution < 1.29 is 9.13 Å². The Labute approximate surface area is 163 Å². The molecule has 0 unspecified atom stereocenters. The molecule has 0 spiro atoms. The van der Waals surface area contributed by atoms with Crippen LogP contribution in [0.15, 0.2) is 78.9 Å². The fourth-order valence-corrected chi connectivity index (χ4v) is 3.21. The van der Waals surface area contributed by atoms with E-state index < -0.39 is 0 Å². The second-order valence-electron chi connectivity index (χ2n) is 6.56. The third-order valence-corrected chi connectivity index (χ3v) is 4.59. The summed E-state index contributed by atoms with van der Waals surface area (Å²) in [6.45, 7) is 2.61. The number of imidazole rings is 1. The van der Waals surface area contributed by atoms with Gasteiger partial charge in [-0.05, 0) is 42.0 Å². The number of hydrogen-bond donors (Lipinski definition) is 1. The molecule has 0 saturated carbocycles. The first-order valence-corrected chi connectivity index (χ1v) is 9.37. The van der Waals surface area contributed by atoms with Gasteiger partial charge < -0.3 is 14.6 Å². The predicted octanol–water partition coefficient (Wildman–Crippen LogP) is 4.54. The van der Waals surface area contributed by atoms with Gasteiger partial charge in [0, 0.05) is 6.54 Å². The molecule has 0 saturated heterocycles. The zero-order chi connectivity index (χ0) is 19.2. The van der Waals surface area contributed by atoms with E-state index >= 15 is 0 Å². The van der Waals surface area contributed by atoms with Crippen molar-refractivity contribution in [2.24, 2.45) is 0 Å². The smallest absolute Gasteiger partial charge is 0.124 e. The minimum atomic E-state index is -0.264. The number of para-hydroxylation sites is 2. The van der Waals surface area contributed by atoms with Crippen LogP contribution in [0.3, 0.4) is 0 Å². The van der Waals surface area contributed by atoms with Crippen LogP contribution in [0.2, 0.25) is 0 Å². The van der Waals surface area contributed by atoms with Gasteiger partial charge in [-0.2, -0.15) is 0 Å². The molecular formula is C23H22FN3O. The molecule has 5 heteroatoms. The summed E-state index contributed by atoms with van der Waals surface area (Å²) < 4.78 is 21.0. The average molecular weight is 375 g/mol. The van der Waals surface area contributed by atoms with Crippen molar-refractivity contribution in [2.45, 2.75) is 19.6 Å². The van der Waals surface area contributed by atoms with Gasteiger partial charge in [-0.15, -0.1) is 0 Å². The Morgan fingerprint density at radius 1 is 0.857 bits per heavy atom. The first-order valence-electron chi connectivity index (χ1n) is 9.37. The summed E-state index contributed by atoms with van der Waals surface area (Å²) in [5.74, 6) is 1.37. The van der Waals surface area contributed by atoms with E-state index in [1.54, 1.807) is 12.1 Å². The van der Waals surface area contributed by atoms with E-state index in [2.05, 4.69) is 28.1 Å². The molecule has 4 nitrogen and oxygen atoms in total. The second-order valence-corrected chi connectivity index (χ2v) is 6.56. The van der Waals surface area contributed by atoms with Crippen molar-refractivity contribution in [3.63, 3.8) is 0 Å². The summed E-state index contributed by atoms with van der Waals surface area (Å²) in [6, 6.07) is 24.5. The quantitative estimate of drug-likeness (QED) is 0.491. The Morgan fingerprint density at radius 2 is 1.61 bits per heavy atom. The summed E-state index contributed by atoms with van der Waals surface area (Å²) in [4.78, 5) is 4.78. The first kappa shape index (κ1) is 18.2. The maximum Gasteiger partial charge on any atom is 0.124 e. The number of rotatable bonds is 8. The highest BCUT2D eigenvalue weighted by molar-refractivity contribution is 5.75. The highest BCUT2D eigenvalue weighted by Gasteiger charge is 2.10. The largest absolute Gasteiger partial charge is 0.492 e. The standard InChI is InChI=1S/C23H22FN3O/c24-19-10-12-20(13-11-19)28-15-14-27-22-9-5-4-8-21(22)26-23(27)17-25-16-18-6-2-1-3-7-18/h1-13,25H,14-17H2. The van der Waals surface area contributed by atoms with Crippen LogP contribution in [0, 0.1) is 5.82 Å². The SMILES string of the molecule is Fc1ccc(OCCn2c(CNCc3ccccc3)nc3ccccc32)cc1. The molecule has 4 rings (SSSR count). The lowest BCUT2D eigenvalue weighted by molar-refractivity contribution is 0.297. The number of fused-ring (bicyclic) bond motifs is 1. The number of aromatic nitrogens is 2. The molecule has 0 atom stereocenters. The Hall–Kier alpha value is -3.18. The molecular weight excluding hydrogens is 353 g/mol. The van der Waals surface area contributed by atoms with Gasteiger partial charge in [0.1, 0.15) is 24.0 Å². The third-order valence-electron chi connectivity index (χ3n) is 4.59. The van der Waals surface area contributed by atoms with Crippen LogP contribution in [0.4, 0.5) is 4.39 Å². The van der Waals surface area contributed by atoms with Crippen LogP contribution in [0.25, 0.3) is 11.0 Å². The fraction of sp³-hybridized carbons (Fsp3) is 0.174. The van der Waals surface area contributed by atoms with E-state index in [1.165, 1.54) is 17.7 Å². The van der Waals surface area contributed by atoms with Crippen LogP contribution in [-0.4, -0.2) is 16.2 Å². The van der Waals surface area contributed by atoms with Crippen LogP contribution in [-0.2, 0) is 19.6 Å². The van der Waals surface area contributed by atoms with E-state index in [0.29, 0.717) is 25.4 Å². The molecule has 0 radical (unpaired) electrons. The normalized spacial score (nSPS) is 11.0. The van der Waals surface area contributed by atoms with Gasteiger partial charge in [-0.1, -0.05) is 42.5 Å². The molecule has 3 aromatic carbocycles. The van der Waals surface area contributed by atoms with Crippen molar-refractivity contribution in [1.29, 1.82) is 0 Å². The van der Waals surface area contributed by atoms with Crippen LogP contribution in [0.1, 0.15) is 11.4 Å². The van der Waals surface area contributed by atoms with E-state index in [0.717, 1.165) is 23.4 Å². The molecule has 28 heavy (non-hydrogen) atoms. The molecule has 142 valence electrons. The number of nitrogens with zero attached hydrogens (tertiary/aromatic N) is 2. The molecule has 0 aliphatic rings. The van der Waals surface area contributed by atoms with Crippen LogP contribution < -0.4 is 10.1 Å². The van der Waals surface area contributed by atoms with Gasteiger partial charge in [-0.3, -0.25) is 0 Å². The minimum Gasteiger partial charge on any atom is -0.492 e. The molecule has 0 fully saturated rings. The third kappa shape index (κ3) is 4.38. The Kier molecular flexibility index (Phi) is 5.64. The summed E-state index contributed by atoms with van der Waals surface area (Å²) in [6.07, 6.45) is 0. The van der Waals surface area contributed by atoms with Crippen molar-refractivity contribution in [1.82, 2.24) is 14.9 Å². The zero-order valence-corrected chi connectivity index (χ0v) is 15.5. The maximum atomic E-state index is 13.0. The van der Waals surface area contributed by atoms with E-state index in [1.807, 2.05) is 36.4 Å². The van der Waals surface area contributed by atoms with Crippen molar-refractivity contribution in [3.05, 3.63) is 96.1 Å². The number of ether oxygens (including phenoxy) is 1. The zero-order valence-electron chi connectivity index (χ0n) is 15.5. The number of benzene rings is 3. The topological polar surface area (TPSA) is 39.1 Å². The van der Waals surface area contributed by atoms with Crippen molar-refractivity contribution in [3.8, 4) is 5.75 Å². The molecule has 1 N–H and O–H groups in total. The first-order chi connectivity index (χ1) is 13.8. The van der Waals surface area contributed by atoms with Crippen LogP contribution >= 0.6 is 0 Å². The van der Waals surface area contributed by atoms with Crippen LogP contribution in [0.5, 0.6) is 5.75 Å². The minimum absolute atomic E-state index is 0.264. The lowest BCUT2D eigenvalue weighted by Gasteiger charge is -2.11. The van der Waals surface area contributed by atoms with Gasteiger partial charge in [-0.25, -0.2) is 9.37 Å². The number of hydrogen-bond acceptors (Lipinski definition) is 3. The molecule has 0 bridgehead atoms. The van der Waals surface area contributed by atoms with Gasteiger partial charge in [0.2, 0.25) is 0 Å². The summed E-state index contributed by atoms with van der Waals surface area (Å²) >= 11 is 0. The van der Waals surface area contributed by atoms with E-state index in [4.69, 9.17) is 9.72 Å². The highest BCUT2D eigenvalue weighted by Crippen LogP contribution is 2.17. The van der Waals surface area contributed by atoms with E-state index in [-0.39, 0.29) is 5.82 Å². The predicted molar refractivity (Wildman–Crippen MR) is 109 cm³/mol. The van der Waals surface area contributed by atoms with Gasteiger partial charge >= 0.3 is 0 Å². The molecule has 1 aromatic heterocycles. The van der Waals surface area contributed by atoms with Gasteiger partial charge in [0.25, 0.3) is 0 Å². The van der Waals surface area contributed by atoms with Crippen molar-refractivity contribution >= 4 is 11.0 Å². The lowest BCUT2D eigenvalue weighted by Crippen LogP contribution is -2.18. The molecule has 0 aliphatic heterocycles. The summed E-state index contributed by atoms with van der Waals surface area (Å²) in [5, 5.41) is 3.47. The second kappa shape index (κ2) is 8.67. The van der Waals surface area contributed by atoms with E-state index in [9.17, 15) is 4.39 Å².